The molecule has 1 aliphatic heterocycles. The van der Waals surface area contributed by atoms with E-state index in [9.17, 15) is 14.4 Å². The van der Waals surface area contributed by atoms with Crippen molar-refractivity contribution in [2.24, 2.45) is 5.92 Å². The van der Waals surface area contributed by atoms with E-state index in [1.165, 1.54) is 4.90 Å². The van der Waals surface area contributed by atoms with Gasteiger partial charge < -0.3 is 15.0 Å². The number of benzene rings is 1. The fraction of sp³-hybridized carbons (Fsp3) is 0.591. The molecule has 0 radical (unpaired) electrons. The van der Waals surface area contributed by atoms with Crippen LogP contribution in [0.5, 0.6) is 0 Å². The van der Waals surface area contributed by atoms with Crippen LogP contribution >= 0.6 is 0 Å². The number of nitrogens with one attached hydrogen (secondary N) is 1. The summed E-state index contributed by atoms with van der Waals surface area (Å²) in [6.07, 6.45) is 2.45. The van der Waals surface area contributed by atoms with E-state index in [0.29, 0.717) is 13.2 Å². The highest BCUT2D eigenvalue weighted by Gasteiger charge is 2.32. The van der Waals surface area contributed by atoms with Crippen molar-refractivity contribution in [3.63, 3.8) is 0 Å². The number of piperidine rings is 1. The van der Waals surface area contributed by atoms with Crippen molar-refractivity contribution in [2.75, 3.05) is 38.6 Å². The number of carbonyl (C=O) groups is 3. The van der Waals surface area contributed by atoms with Crippen molar-refractivity contribution in [1.29, 1.82) is 0 Å². The van der Waals surface area contributed by atoms with Gasteiger partial charge in [-0.05, 0) is 51.3 Å². The standard InChI is InChI=1S/C22H33N3O4/c1-5-17-10-7-8-12-19(17)23-20(26)15-24(4)21(27)16(3)25-13-9-11-18(14-25)22(28)29-6-2/h7-8,10,12,16,18H,5-6,9,11,13-15H2,1-4H3,(H,23,26). The Morgan fingerprint density at radius 3 is 2.69 bits per heavy atom. The zero-order chi connectivity index (χ0) is 21.4. The van der Waals surface area contributed by atoms with E-state index in [0.717, 1.165) is 37.1 Å². The Morgan fingerprint density at radius 2 is 2.00 bits per heavy atom. The second-order valence-electron chi connectivity index (χ2n) is 7.52. The van der Waals surface area contributed by atoms with E-state index in [1.807, 2.05) is 43.0 Å². The SMILES string of the molecule is CCOC(=O)C1CCCN(C(C)C(=O)N(C)CC(=O)Nc2ccccc2CC)C1. The first-order valence-electron chi connectivity index (χ1n) is 10.4. The van der Waals surface area contributed by atoms with Gasteiger partial charge in [0, 0.05) is 19.3 Å². The molecule has 1 aromatic carbocycles. The molecule has 1 fully saturated rings. The molecule has 1 heterocycles. The molecule has 0 spiro atoms. The Hall–Kier alpha value is -2.41. The van der Waals surface area contributed by atoms with E-state index >= 15 is 0 Å². The van der Waals surface area contributed by atoms with Crippen LogP contribution in [0.15, 0.2) is 24.3 Å². The van der Waals surface area contributed by atoms with Gasteiger partial charge in [-0.2, -0.15) is 0 Å². The van der Waals surface area contributed by atoms with Crippen molar-refractivity contribution in [2.45, 2.75) is 46.1 Å². The minimum Gasteiger partial charge on any atom is -0.466 e. The van der Waals surface area contributed by atoms with Crippen LogP contribution in [0, 0.1) is 5.92 Å². The van der Waals surface area contributed by atoms with Gasteiger partial charge in [0.15, 0.2) is 0 Å². The van der Waals surface area contributed by atoms with Gasteiger partial charge in [-0.25, -0.2) is 0 Å². The van der Waals surface area contributed by atoms with Gasteiger partial charge >= 0.3 is 5.97 Å². The fourth-order valence-electron chi connectivity index (χ4n) is 3.72. The Balaban J connectivity index is 1.91. The molecule has 7 heteroatoms. The number of ether oxygens (including phenoxy) is 1. The summed E-state index contributed by atoms with van der Waals surface area (Å²) in [6, 6.07) is 7.26. The topological polar surface area (TPSA) is 79.0 Å². The predicted octanol–water partition coefficient (Wildman–Crippen LogP) is 2.31. The van der Waals surface area contributed by atoms with Crippen molar-refractivity contribution in [3.8, 4) is 0 Å². The third-order valence-electron chi connectivity index (χ3n) is 5.41. The zero-order valence-corrected chi connectivity index (χ0v) is 17.9. The molecule has 7 nitrogen and oxygen atoms in total. The second-order valence-corrected chi connectivity index (χ2v) is 7.52. The van der Waals surface area contributed by atoms with Gasteiger partial charge in [0.1, 0.15) is 0 Å². The molecule has 0 aromatic heterocycles. The van der Waals surface area contributed by atoms with Gasteiger partial charge in [0.25, 0.3) is 0 Å². The Bertz CT molecular complexity index is 722. The highest BCUT2D eigenvalue weighted by Crippen LogP contribution is 2.21. The van der Waals surface area contributed by atoms with Crippen molar-refractivity contribution >= 4 is 23.5 Å². The third-order valence-corrected chi connectivity index (χ3v) is 5.41. The first-order valence-corrected chi connectivity index (χ1v) is 10.4. The number of amides is 2. The highest BCUT2D eigenvalue weighted by atomic mass is 16.5. The number of likely N-dealkylation sites (tertiary alicyclic amines) is 1. The monoisotopic (exact) mass is 403 g/mol. The van der Waals surface area contributed by atoms with Crippen LogP contribution < -0.4 is 5.32 Å². The van der Waals surface area contributed by atoms with Crippen LogP contribution in [0.1, 0.15) is 39.2 Å². The summed E-state index contributed by atoms with van der Waals surface area (Å²) in [5, 5.41) is 2.89. The molecule has 2 unspecified atom stereocenters. The number of hydrogen-bond donors (Lipinski definition) is 1. The molecule has 1 saturated heterocycles. The minimum absolute atomic E-state index is 0.0175. The largest absolute Gasteiger partial charge is 0.466 e. The molecular formula is C22H33N3O4. The highest BCUT2D eigenvalue weighted by molar-refractivity contribution is 5.95. The molecule has 0 saturated carbocycles. The molecule has 2 atom stereocenters. The quantitative estimate of drug-likeness (QED) is 0.674. The average Bonchev–Trinajstić information content (AvgIpc) is 2.73. The maximum Gasteiger partial charge on any atom is 0.310 e. The number of esters is 1. The first-order chi connectivity index (χ1) is 13.9. The fourth-order valence-corrected chi connectivity index (χ4v) is 3.72. The van der Waals surface area contributed by atoms with Crippen molar-refractivity contribution < 1.29 is 19.1 Å². The van der Waals surface area contributed by atoms with E-state index in [-0.39, 0.29) is 30.2 Å². The number of likely N-dealkylation sites (N-methyl/N-ethyl adjacent to an activating group) is 1. The van der Waals surface area contributed by atoms with Gasteiger partial charge in [-0.15, -0.1) is 0 Å². The number of anilines is 1. The number of rotatable bonds is 8. The van der Waals surface area contributed by atoms with Crippen LogP contribution in [0.2, 0.25) is 0 Å². The van der Waals surface area contributed by atoms with Crippen LogP contribution in [0.4, 0.5) is 5.69 Å². The summed E-state index contributed by atoms with van der Waals surface area (Å²) in [7, 11) is 1.64. The summed E-state index contributed by atoms with van der Waals surface area (Å²) in [5.74, 6) is -0.747. The number of aryl methyl sites for hydroxylation is 1. The Morgan fingerprint density at radius 1 is 1.28 bits per heavy atom. The third kappa shape index (κ3) is 6.29. The Kier molecular flexibility index (Phi) is 8.64. The summed E-state index contributed by atoms with van der Waals surface area (Å²) in [5.41, 5.74) is 1.84. The minimum atomic E-state index is -0.395. The summed E-state index contributed by atoms with van der Waals surface area (Å²) in [6.45, 7) is 7.27. The van der Waals surface area contributed by atoms with Crippen LogP contribution in [-0.4, -0.2) is 66.9 Å². The van der Waals surface area contributed by atoms with E-state index in [1.54, 1.807) is 14.0 Å². The van der Waals surface area contributed by atoms with Gasteiger partial charge in [0.2, 0.25) is 11.8 Å². The molecule has 2 amide bonds. The van der Waals surface area contributed by atoms with Crippen molar-refractivity contribution in [1.82, 2.24) is 9.80 Å². The molecule has 1 aromatic rings. The number of hydrogen-bond acceptors (Lipinski definition) is 5. The van der Waals surface area contributed by atoms with Crippen LogP contribution in [0.25, 0.3) is 0 Å². The maximum absolute atomic E-state index is 12.8. The molecule has 0 aliphatic carbocycles. The molecule has 0 bridgehead atoms. The number of para-hydroxylation sites is 1. The Labute approximate surface area is 173 Å². The molecule has 1 N–H and O–H groups in total. The smallest absolute Gasteiger partial charge is 0.310 e. The predicted molar refractivity (Wildman–Crippen MR) is 112 cm³/mol. The lowest BCUT2D eigenvalue weighted by atomic mass is 9.97. The van der Waals surface area contributed by atoms with Crippen LogP contribution in [-0.2, 0) is 25.5 Å². The molecule has 160 valence electrons. The average molecular weight is 404 g/mol. The summed E-state index contributed by atoms with van der Waals surface area (Å²) in [4.78, 5) is 40.8. The van der Waals surface area contributed by atoms with Crippen LogP contribution in [0.3, 0.4) is 0 Å². The van der Waals surface area contributed by atoms with Gasteiger partial charge in [-0.1, -0.05) is 25.1 Å². The summed E-state index contributed by atoms with van der Waals surface area (Å²) >= 11 is 0. The van der Waals surface area contributed by atoms with E-state index in [2.05, 4.69) is 5.32 Å². The molecular weight excluding hydrogens is 370 g/mol. The van der Waals surface area contributed by atoms with Gasteiger partial charge in [0.05, 0.1) is 25.1 Å². The molecule has 2 rings (SSSR count). The lowest BCUT2D eigenvalue weighted by Gasteiger charge is -2.36. The zero-order valence-electron chi connectivity index (χ0n) is 17.9. The normalized spacial score (nSPS) is 18.0. The summed E-state index contributed by atoms with van der Waals surface area (Å²) < 4.78 is 5.13. The maximum atomic E-state index is 12.8. The molecule has 29 heavy (non-hydrogen) atoms. The number of nitrogens with zero attached hydrogens (tertiary/aromatic N) is 2. The van der Waals surface area contributed by atoms with Crippen molar-refractivity contribution in [3.05, 3.63) is 29.8 Å². The lowest BCUT2D eigenvalue weighted by molar-refractivity contribution is -0.151. The van der Waals surface area contributed by atoms with Gasteiger partial charge in [-0.3, -0.25) is 19.3 Å². The van der Waals surface area contributed by atoms with E-state index < -0.39 is 6.04 Å². The first kappa shape index (κ1) is 22.9. The van der Waals surface area contributed by atoms with E-state index in [4.69, 9.17) is 4.74 Å². The lowest BCUT2D eigenvalue weighted by Crippen LogP contribution is -2.51. The number of carbonyl (C=O) groups excluding carboxylic acids is 3. The molecule has 1 aliphatic rings. The second kappa shape index (κ2) is 11.0.